The number of para-hydroxylation sites is 1. The van der Waals surface area contributed by atoms with Crippen molar-refractivity contribution in [3.05, 3.63) is 72.3 Å². The van der Waals surface area contributed by atoms with Crippen LogP contribution in [0, 0.1) is 0 Å². The van der Waals surface area contributed by atoms with Crippen LogP contribution in [0.5, 0.6) is 0 Å². The van der Waals surface area contributed by atoms with Gasteiger partial charge in [0.1, 0.15) is 6.54 Å². The number of benzene rings is 2. The summed E-state index contributed by atoms with van der Waals surface area (Å²) in [5, 5.41) is 0. The van der Waals surface area contributed by atoms with Gasteiger partial charge in [0.15, 0.2) is 0 Å². The third kappa shape index (κ3) is 5.09. The summed E-state index contributed by atoms with van der Waals surface area (Å²) in [7, 11) is 0. The van der Waals surface area contributed by atoms with E-state index in [-0.39, 0.29) is 12.5 Å². The van der Waals surface area contributed by atoms with Gasteiger partial charge in [-0.15, -0.1) is 0 Å². The highest BCUT2D eigenvalue weighted by molar-refractivity contribution is 5.76. The lowest BCUT2D eigenvalue weighted by molar-refractivity contribution is -0.141. The highest BCUT2D eigenvalue weighted by Gasteiger charge is 2.10. The topological polar surface area (TPSA) is 29.5 Å². The van der Waals surface area contributed by atoms with Gasteiger partial charge in [0.25, 0.3) is 0 Å². The van der Waals surface area contributed by atoms with Gasteiger partial charge in [-0.25, -0.2) is 0 Å². The van der Waals surface area contributed by atoms with Crippen molar-refractivity contribution in [3.8, 4) is 0 Å². The van der Waals surface area contributed by atoms with Crippen molar-refractivity contribution in [1.82, 2.24) is 0 Å². The molecule has 2 rings (SSSR count). The fourth-order valence-electron chi connectivity index (χ4n) is 2.14. The summed E-state index contributed by atoms with van der Waals surface area (Å²) in [4.78, 5) is 13.8. The quantitative estimate of drug-likeness (QED) is 0.728. The molecule has 0 N–H and O–H groups in total. The fraction of sp³-hybridized carbons (Fsp3) is 0.211. The third-order valence-electron chi connectivity index (χ3n) is 3.18. The van der Waals surface area contributed by atoms with Gasteiger partial charge >= 0.3 is 5.97 Å². The Morgan fingerprint density at radius 1 is 1.05 bits per heavy atom. The summed E-state index contributed by atoms with van der Waals surface area (Å²) < 4.78 is 5.05. The molecule has 0 saturated heterocycles. The second-order valence-corrected chi connectivity index (χ2v) is 4.83. The van der Waals surface area contributed by atoms with Gasteiger partial charge < -0.3 is 9.64 Å². The van der Waals surface area contributed by atoms with Gasteiger partial charge in [0, 0.05) is 12.2 Å². The zero-order valence-corrected chi connectivity index (χ0v) is 12.8. The molecule has 0 bridgehead atoms. The van der Waals surface area contributed by atoms with Gasteiger partial charge in [0.05, 0.1) is 6.61 Å². The van der Waals surface area contributed by atoms with Crippen molar-refractivity contribution in [1.29, 1.82) is 0 Å². The summed E-state index contributed by atoms with van der Waals surface area (Å²) in [5.41, 5.74) is 2.15. The standard InChI is InChI=1S/C19H21NO2/c1-2-22-19(21)16-20(18-13-7-4-8-14-18)15-9-12-17-10-5-3-6-11-17/h3-14H,2,15-16H2,1H3/b12-9+. The average molecular weight is 295 g/mol. The molecule has 2 aromatic rings. The summed E-state index contributed by atoms with van der Waals surface area (Å²) in [6.07, 6.45) is 4.11. The van der Waals surface area contributed by atoms with E-state index >= 15 is 0 Å². The van der Waals surface area contributed by atoms with E-state index in [9.17, 15) is 4.79 Å². The molecule has 0 radical (unpaired) electrons. The number of rotatable bonds is 7. The molecule has 3 nitrogen and oxygen atoms in total. The third-order valence-corrected chi connectivity index (χ3v) is 3.18. The maximum atomic E-state index is 11.8. The Hall–Kier alpha value is -2.55. The number of carbonyl (C=O) groups excluding carboxylic acids is 1. The van der Waals surface area contributed by atoms with Crippen molar-refractivity contribution < 1.29 is 9.53 Å². The number of hydrogen-bond acceptors (Lipinski definition) is 3. The zero-order chi connectivity index (χ0) is 15.6. The lowest BCUT2D eigenvalue weighted by atomic mass is 10.2. The van der Waals surface area contributed by atoms with Gasteiger partial charge in [-0.2, -0.15) is 0 Å². The van der Waals surface area contributed by atoms with Crippen molar-refractivity contribution in [2.75, 3.05) is 24.6 Å². The van der Waals surface area contributed by atoms with E-state index in [0.29, 0.717) is 13.2 Å². The van der Waals surface area contributed by atoms with Crippen molar-refractivity contribution in [2.24, 2.45) is 0 Å². The highest BCUT2D eigenvalue weighted by Crippen LogP contribution is 2.13. The minimum absolute atomic E-state index is 0.209. The molecule has 0 heterocycles. The van der Waals surface area contributed by atoms with Crippen molar-refractivity contribution >= 4 is 17.7 Å². The Balaban J connectivity index is 2.04. The molecule has 0 aliphatic carbocycles. The monoisotopic (exact) mass is 295 g/mol. The van der Waals surface area contributed by atoms with Crippen LogP contribution in [0.4, 0.5) is 5.69 Å². The minimum Gasteiger partial charge on any atom is -0.465 e. The van der Waals surface area contributed by atoms with Crippen LogP contribution in [0.25, 0.3) is 6.08 Å². The van der Waals surface area contributed by atoms with E-state index in [1.165, 1.54) is 0 Å². The van der Waals surface area contributed by atoms with Crippen LogP contribution in [-0.2, 0) is 9.53 Å². The molecular formula is C19H21NO2. The number of ether oxygens (including phenoxy) is 1. The second-order valence-electron chi connectivity index (χ2n) is 4.83. The summed E-state index contributed by atoms with van der Waals surface area (Å²) >= 11 is 0. The number of carbonyl (C=O) groups is 1. The van der Waals surface area contributed by atoms with Crippen LogP contribution in [-0.4, -0.2) is 25.7 Å². The highest BCUT2D eigenvalue weighted by atomic mass is 16.5. The van der Waals surface area contributed by atoms with E-state index < -0.39 is 0 Å². The van der Waals surface area contributed by atoms with Crippen LogP contribution in [0.15, 0.2) is 66.7 Å². The lowest BCUT2D eigenvalue weighted by Gasteiger charge is -2.22. The van der Waals surface area contributed by atoms with Crippen molar-refractivity contribution in [2.45, 2.75) is 6.92 Å². The Bertz CT molecular complexity index is 593. The maximum absolute atomic E-state index is 11.8. The minimum atomic E-state index is -0.209. The predicted octanol–water partition coefficient (Wildman–Crippen LogP) is 3.77. The first kappa shape index (κ1) is 15.8. The SMILES string of the molecule is CCOC(=O)CN(C/C=C/c1ccccc1)c1ccccc1. The number of esters is 1. The first-order valence-electron chi connectivity index (χ1n) is 7.47. The number of anilines is 1. The van der Waals surface area contributed by atoms with Gasteiger partial charge in [-0.1, -0.05) is 60.7 Å². The van der Waals surface area contributed by atoms with Crippen LogP contribution < -0.4 is 4.90 Å². The molecule has 0 amide bonds. The van der Waals surface area contributed by atoms with Crippen LogP contribution >= 0.6 is 0 Å². The normalized spacial score (nSPS) is 10.6. The van der Waals surface area contributed by atoms with Crippen molar-refractivity contribution in [3.63, 3.8) is 0 Å². The fourth-order valence-corrected chi connectivity index (χ4v) is 2.14. The van der Waals surface area contributed by atoms with Gasteiger partial charge in [-0.3, -0.25) is 4.79 Å². The van der Waals surface area contributed by atoms with E-state index in [1.807, 2.05) is 60.4 Å². The first-order valence-corrected chi connectivity index (χ1v) is 7.47. The summed E-state index contributed by atoms with van der Waals surface area (Å²) in [6.45, 7) is 3.12. The molecule has 0 fully saturated rings. The first-order chi connectivity index (χ1) is 10.8. The van der Waals surface area contributed by atoms with E-state index in [2.05, 4.69) is 24.3 Å². The molecule has 0 saturated carbocycles. The lowest BCUT2D eigenvalue weighted by Crippen LogP contribution is -2.31. The molecule has 3 heteroatoms. The van der Waals surface area contributed by atoms with Crippen LogP contribution in [0.3, 0.4) is 0 Å². The number of hydrogen-bond donors (Lipinski definition) is 0. The molecule has 0 atom stereocenters. The van der Waals surface area contributed by atoms with Gasteiger partial charge in [0.2, 0.25) is 0 Å². The Morgan fingerprint density at radius 3 is 2.32 bits per heavy atom. The van der Waals surface area contributed by atoms with Gasteiger partial charge in [-0.05, 0) is 24.6 Å². The Kier molecular flexibility index (Phi) is 6.24. The summed E-state index contributed by atoms with van der Waals surface area (Å²) in [5.74, 6) is -0.209. The van der Waals surface area contributed by atoms with E-state index in [1.54, 1.807) is 0 Å². The molecule has 0 aromatic heterocycles. The maximum Gasteiger partial charge on any atom is 0.325 e. The Morgan fingerprint density at radius 2 is 1.68 bits per heavy atom. The molecule has 22 heavy (non-hydrogen) atoms. The largest absolute Gasteiger partial charge is 0.465 e. The number of nitrogens with zero attached hydrogens (tertiary/aromatic N) is 1. The van der Waals surface area contributed by atoms with Crippen LogP contribution in [0.2, 0.25) is 0 Å². The molecular weight excluding hydrogens is 274 g/mol. The van der Waals surface area contributed by atoms with E-state index in [4.69, 9.17) is 4.74 Å². The zero-order valence-electron chi connectivity index (χ0n) is 12.8. The summed E-state index contributed by atoms with van der Waals surface area (Å²) in [6, 6.07) is 20.0. The van der Waals surface area contributed by atoms with E-state index in [0.717, 1.165) is 11.3 Å². The molecule has 114 valence electrons. The predicted molar refractivity (Wildman–Crippen MR) is 90.8 cm³/mol. The molecule has 0 aliphatic rings. The second kappa shape index (κ2) is 8.67. The molecule has 0 unspecified atom stereocenters. The smallest absolute Gasteiger partial charge is 0.325 e. The average Bonchev–Trinajstić information content (AvgIpc) is 2.56. The molecule has 2 aromatic carbocycles. The molecule has 0 spiro atoms. The van der Waals surface area contributed by atoms with Crippen LogP contribution in [0.1, 0.15) is 12.5 Å². The molecule has 0 aliphatic heterocycles. The Labute approximate surface area is 131 Å².